The van der Waals surface area contributed by atoms with Crippen molar-refractivity contribution in [2.75, 3.05) is 18.8 Å². The quantitative estimate of drug-likeness (QED) is 0.0353. The summed E-state index contributed by atoms with van der Waals surface area (Å²) in [6.45, 7) is 4.26. The van der Waals surface area contributed by atoms with Crippen molar-refractivity contribution in [1.82, 2.24) is 25.6 Å². The van der Waals surface area contributed by atoms with Gasteiger partial charge in [-0.05, 0) is 104 Å². The molecule has 0 radical (unpaired) electrons. The molecule has 5 atom stereocenters. The van der Waals surface area contributed by atoms with Crippen LogP contribution in [-0.4, -0.2) is 92.1 Å². The van der Waals surface area contributed by atoms with Crippen LogP contribution in [0, 0.1) is 11.8 Å². The maximum atomic E-state index is 14.6. The molecule has 1 aliphatic carbocycles. The predicted octanol–water partition coefficient (Wildman–Crippen LogP) is 1.92. The molecule has 0 bridgehead atoms. The monoisotopic (exact) mass is 874 g/mol. The molecule has 12 N–H and O–H groups in total. The van der Waals surface area contributed by atoms with Gasteiger partial charge in [-0.1, -0.05) is 75.6 Å². The van der Waals surface area contributed by atoms with Crippen molar-refractivity contribution in [1.29, 1.82) is 0 Å². The van der Waals surface area contributed by atoms with Gasteiger partial charge < -0.3 is 43.8 Å². The summed E-state index contributed by atoms with van der Waals surface area (Å²) in [6, 6.07) is 13.2. The number of carbonyl (C=O) groups is 5. The highest BCUT2D eigenvalue weighted by Crippen LogP contribution is 2.28. The van der Waals surface area contributed by atoms with Gasteiger partial charge in [-0.3, -0.25) is 29.0 Å². The fourth-order valence-corrected chi connectivity index (χ4v) is 9.54. The number of sulfonamides is 1. The third-order valence-electron chi connectivity index (χ3n) is 11.5. The molecule has 0 aromatic heterocycles. The van der Waals surface area contributed by atoms with Crippen molar-refractivity contribution in [3.63, 3.8) is 0 Å². The van der Waals surface area contributed by atoms with E-state index in [1.807, 2.05) is 26.0 Å². The summed E-state index contributed by atoms with van der Waals surface area (Å²) in [5.74, 6) is -3.58. The summed E-state index contributed by atoms with van der Waals surface area (Å²) in [7, 11) is -4.27. The first-order chi connectivity index (χ1) is 29.5. The molecule has 17 nitrogen and oxygen atoms in total. The van der Waals surface area contributed by atoms with Crippen LogP contribution in [0.15, 0.2) is 76.6 Å². The number of anilines is 1. The smallest absolute Gasteiger partial charge is 0.245 e. The number of nitrogens with one attached hydrogen (secondary N) is 4. The molecule has 0 spiro atoms. The van der Waals surface area contributed by atoms with E-state index in [-0.39, 0.29) is 54.9 Å². The van der Waals surface area contributed by atoms with Crippen molar-refractivity contribution in [2.24, 2.45) is 34.0 Å². The molecule has 18 heteroatoms. The van der Waals surface area contributed by atoms with E-state index in [9.17, 15) is 32.4 Å². The highest BCUT2D eigenvalue weighted by atomic mass is 32.2. The number of benzene rings is 3. The van der Waals surface area contributed by atoms with Crippen LogP contribution in [0.2, 0.25) is 0 Å². The largest absolute Gasteiger partial charge is 0.399 e. The Morgan fingerprint density at radius 1 is 0.774 bits per heavy atom. The zero-order valence-electron chi connectivity index (χ0n) is 35.6. The Bertz CT molecular complexity index is 2190. The average Bonchev–Trinajstić information content (AvgIpc) is 3.74. The van der Waals surface area contributed by atoms with Crippen LogP contribution < -0.4 is 43.6 Å². The van der Waals surface area contributed by atoms with Crippen molar-refractivity contribution in [3.05, 3.63) is 72.3 Å². The SMILES string of the molecule is CC(C)C[C@H](NC(=O)[C@H](CCCN=C(N)N)NC(=O)[C@@H](NC(=O)[C@H](Cc1ccc(N)cc1)NS(=O)(=O)c1ccc2ccccc2c1)C1CCCCC1)C(=O)N1CCC[C@H]1C(N)=O. The number of fused-ring (bicyclic) bond motifs is 1. The molecule has 62 heavy (non-hydrogen) atoms. The van der Waals surface area contributed by atoms with E-state index >= 15 is 0 Å². The third kappa shape index (κ3) is 13.1. The molecule has 1 saturated heterocycles. The lowest BCUT2D eigenvalue weighted by molar-refractivity contribution is -0.141. The maximum Gasteiger partial charge on any atom is 0.245 e. The van der Waals surface area contributed by atoms with Crippen LogP contribution in [0.4, 0.5) is 5.69 Å². The van der Waals surface area contributed by atoms with Crippen molar-refractivity contribution in [3.8, 4) is 0 Å². The number of guanidine groups is 1. The Kier molecular flexibility index (Phi) is 16.7. The third-order valence-corrected chi connectivity index (χ3v) is 13.0. The van der Waals surface area contributed by atoms with Crippen LogP contribution in [0.25, 0.3) is 10.8 Å². The van der Waals surface area contributed by atoms with Gasteiger partial charge in [0, 0.05) is 18.8 Å². The second-order valence-corrected chi connectivity index (χ2v) is 18.5. The van der Waals surface area contributed by atoms with Gasteiger partial charge in [0.2, 0.25) is 39.6 Å². The minimum absolute atomic E-state index is 0.0282. The summed E-state index contributed by atoms with van der Waals surface area (Å²) in [5, 5.41) is 10.1. The molecule has 3 aromatic carbocycles. The Morgan fingerprint density at radius 2 is 1.44 bits per heavy atom. The number of nitrogens with two attached hydrogens (primary N) is 4. The first-order valence-corrected chi connectivity index (χ1v) is 22.9. The summed E-state index contributed by atoms with van der Waals surface area (Å²) in [5.41, 5.74) is 23.7. The van der Waals surface area contributed by atoms with Crippen LogP contribution in [-0.2, 0) is 40.4 Å². The molecule has 1 heterocycles. The fraction of sp³-hybridized carbons (Fsp3) is 0.500. The van der Waals surface area contributed by atoms with Crippen LogP contribution in [0.1, 0.15) is 83.6 Å². The number of nitrogen functional groups attached to an aromatic ring is 1. The van der Waals surface area contributed by atoms with Gasteiger partial charge in [-0.2, -0.15) is 4.72 Å². The normalized spacial score (nSPS) is 17.7. The molecule has 336 valence electrons. The average molecular weight is 875 g/mol. The minimum Gasteiger partial charge on any atom is -0.399 e. The Morgan fingerprint density at radius 3 is 2.10 bits per heavy atom. The molecule has 0 unspecified atom stereocenters. The zero-order valence-corrected chi connectivity index (χ0v) is 36.4. The lowest BCUT2D eigenvalue weighted by Crippen LogP contribution is -2.60. The summed E-state index contributed by atoms with van der Waals surface area (Å²) in [4.78, 5) is 74.7. The topological polar surface area (TPSA) is 287 Å². The number of primary amides is 1. The van der Waals surface area contributed by atoms with Crippen LogP contribution in [0.3, 0.4) is 0 Å². The molecule has 1 aliphatic heterocycles. The number of amides is 5. The van der Waals surface area contributed by atoms with E-state index in [0.717, 1.165) is 24.6 Å². The minimum atomic E-state index is -4.27. The van der Waals surface area contributed by atoms with Gasteiger partial charge >= 0.3 is 0 Å². The lowest BCUT2D eigenvalue weighted by Gasteiger charge is -2.33. The number of aliphatic imine (C=N–C) groups is 1. The maximum absolute atomic E-state index is 14.6. The molecule has 5 amide bonds. The van der Waals surface area contributed by atoms with E-state index in [2.05, 4.69) is 25.7 Å². The lowest BCUT2D eigenvalue weighted by atomic mass is 9.83. The Hall–Kier alpha value is -5.75. The van der Waals surface area contributed by atoms with E-state index < -0.39 is 69.8 Å². The van der Waals surface area contributed by atoms with E-state index in [4.69, 9.17) is 22.9 Å². The number of hydrogen-bond donors (Lipinski definition) is 8. The zero-order chi connectivity index (χ0) is 45.0. The summed E-state index contributed by atoms with van der Waals surface area (Å²) >= 11 is 0. The number of nitrogens with zero attached hydrogens (tertiary/aromatic N) is 2. The molecule has 2 aliphatic rings. The van der Waals surface area contributed by atoms with Gasteiger partial charge in [-0.15, -0.1) is 0 Å². The molecule has 2 fully saturated rings. The Labute approximate surface area is 363 Å². The second kappa shape index (κ2) is 21.9. The van der Waals surface area contributed by atoms with Gasteiger partial charge in [0.05, 0.1) is 4.90 Å². The van der Waals surface area contributed by atoms with Gasteiger partial charge in [0.1, 0.15) is 30.2 Å². The highest BCUT2D eigenvalue weighted by Gasteiger charge is 2.39. The van der Waals surface area contributed by atoms with Gasteiger partial charge in [0.25, 0.3) is 0 Å². The van der Waals surface area contributed by atoms with Crippen LogP contribution in [0.5, 0.6) is 0 Å². The molecule has 1 saturated carbocycles. The van der Waals surface area contributed by atoms with Crippen molar-refractivity contribution >= 4 is 62.0 Å². The first kappa shape index (κ1) is 47.3. The number of carbonyl (C=O) groups excluding carboxylic acids is 5. The molecule has 3 aromatic rings. The van der Waals surface area contributed by atoms with Gasteiger partial charge in [0.15, 0.2) is 5.96 Å². The number of likely N-dealkylation sites (tertiary alicyclic amines) is 1. The molecular formula is C44H62N10O7S. The van der Waals surface area contributed by atoms with E-state index in [0.29, 0.717) is 48.9 Å². The summed E-state index contributed by atoms with van der Waals surface area (Å²) in [6.07, 6.45) is 5.31. The van der Waals surface area contributed by atoms with E-state index in [1.54, 1.807) is 42.5 Å². The number of hydrogen-bond acceptors (Lipinski definition) is 9. The highest BCUT2D eigenvalue weighted by molar-refractivity contribution is 7.89. The van der Waals surface area contributed by atoms with Crippen LogP contribution >= 0.6 is 0 Å². The van der Waals surface area contributed by atoms with Gasteiger partial charge in [-0.25, -0.2) is 8.42 Å². The Balaban J connectivity index is 1.42. The summed E-state index contributed by atoms with van der Waals surface area (Å²) < 4.78 is 30.5. The predicted molar refractivity (Wildman–Crippen MR) is 238 cm³/mol. The fourth-order valence-electron chi connectivity index (χ4n) is 8.31. The standard InChI is InChI=1S/C44H62N10O7S/c1-27(2)24-36(43(59)54-23-9-15-37(54)39(46)55)51-40(56)34(14-8-22-49-44(47)48)50-42(58)38(30-11-4-3-5-12-30)52-41(57)35(25-28-16-19-32(45)20-17-28)53-62(60,61)33-21-18-29-10-6-7-13-31(29)26-33/h6-7,10,13,16-21,26-27,30,34-38,53H,3-5,8-9,11-12,14-15,22-25,45H2,1-2H3,(H2,46,55)(H,50,58)(H,51,56)(H,52,57)(H4,47,48,49)/t34-,35-,36-,37-,38-/m0/s1. The van der Waals surface area contributed by atoms with E-state index in [1.165, 1.54) is 17.0 Å². The second-order valence-electron chi connectivity index (χ2n) is 16.8. The first-order valence-electron chi connectivity index (χ1n) is 21.4. The number of rotatable bonds is 20. The van der Waals surface area contributed by atoms with Crippen molar-refractivity contribution in [2.45, 2.75) is 120 Å². The molecule has 5 rings (SSSR count). The molecular weight excluding hydrogens is 813 g/mol. The van der Waals surface area contributed by atoms with Crippen molar-refractivity contribution < 1.29 is 32.4 Å².